The Labute approximate surface area is 318 Å². The van der Waals surface area contributed by atoms with Crippen molar-refractivity contribution in [3.8, 4) is 33.4 Å². The molecule has 0 aromatic heterocycles. The molecule has 1 fully saturated rings. The van der Waals surface area contributed by atoms with E-state index in [1.54, 1.807) is 0 Å². The van der Waals surface area contributed by atoms with E-state index in [0.717, 1.165) is 0 Å². The molecule has 1 spiro atoms. The summed E-state index contributed by atoms with van der Waals surface area (Å²) in [6.45, 7) is 0. The van der Waals surface area contributed by atoms with Crippen molar-refractivity contribution in [3.63, 3.8) is 0 Å². The van der Waals surface area contributed by atoms with Gasteiger partial charge in [0.05, 0.1) is 0 Å². The van der Waals surface area contributed by atoms with Crippen LogP contribution in [0.1, 0.15) is 65.5 Å². The summed E-state index contributed by atoms with van der Waals surface area (Å²) in [5, 5.41) is 5.10. The van der Waals surface area contributed by atoms with Crippen LogP contribution in [0.4, 0.5) is 0 Å². The van der Waals surface area contributed by atoms with Crippen LogP contribution in [0.15, 0.2) is 170 Å². The lowest BCUT2D eigenvalue weighted by Gasteiger charge is -2.36. The predicted molar refractivity (Wildman–Crippen MR) is 232 cm³/mol. The van der Waals surface area contributed by atoms with Gasteiger partial charge in [-0.1, -0.05) is 177 Å². The zero-order valence-electron chi connectivity index (χ0n) is 30.5. The van der Waals surface area contributed by atoms with Gasteiger partial charge >= 0.3 is 0 Å². The van der Waals surface area contributed by atoms with Gasteiger partial charge in [0.1, 0.15) is 0 Å². The van der Waals surface area contributed by atoms with Crippen molar-refractivity contribution < 1.29 is 0 Å². The minimum absolute atomic E-state index is 0.0720. The fraction of sp³-hybridized carbons (Fsp3) is 0.111. The fourth-order valence-electron chi connectivity index (χ4n) is 9.16. The Balaban J connectivity index is 0.961. The van der Waals surface area contributed by atoms with Gasteiger partial charge in [-0.2, -0.15) is 0 Å². The predicted octanol–water partition coefficient (Wildman–Crippen LogP) is 14.9. The van der Waals surface area contributed by atoms with Gasteiger partial charge < -0.3 is 0 Å². The van der Waals surface area contributed by atoms with Crippen molar-refractivity contribution in [2.45, 2.75) is 37.5 Å². The van der Waals surface area contributed by atoms with E-state index in [-0.39, 0.29) is 5.41 Å². The Hall–Kier alpha value is -6.24. The van der Waals surface area contributed by atoms with Crippen molar-refractivity contribution in [3.05, 3.63) is 203 Å². The molecular weight excluding hydrogens is 649 g/mol. The Bertz CT molecular complexity index is 2540. The molecule has 54 heavy (non-hydrogen) atoms. The van der Waals surface area contributed by atoms with Crippen molar-refractivity contribution >= 4 is 45.8 Å². The number of rotatable bonds is 6. The van der Waals surface area contributed by atoms with E-state index in [0.29, 0.717) is 0 Å². The number of hydrogen-bond acceptors (Lipinski definition) is 0. The lowest BCUT2D eigenvalue weighted by Crippen LogP contribution is -2.28. The second-order valence-electron chi connectivity index (χ2n) is 15.3. The third kappa shape index (κ3) is 5.99. The van der Waals surface area contributed by atoms with E-state index < -0.39 is 0 Å². The molecule has 10 rings (SSSR count). The quantitative estimate of drug-likeness (QED) is 0.152. The zero-order chi connectivity index (χ0) is 35.9. The molecular formula is C54H42. The highest BCUT2D eigenvalue weighted by Crippen LogP contribution is 2.57. The molecule has 8 aromatic carbocycles. The first-order chi connectivity index (χ1) is 26.7. The summed E-state index contributed by atoms with van der Waals surface area (Å²) in [6, 6.07) is 63.2. The van der Waals surface area contributed by atoms with Crippen LogP contribution in [0.3, 0.4) is 0 Å². The zero-order valence-corrected chi connectivity index (χ0v) is 30.5. The summed E-state index contributed by atoms with van der Waals surface area (Å²) in [7, 11) is 0. The molecule has 0 heterocycles. The molecule has 0 atom stereocenters. The maximum atomic E-state index is 2.54. The van der Waals surface area contributed by atoms with E-state index in [1.807, 2.05) is 0 Å². The molecule has 0 heteroatoms. The molecule has 0 N–H and O–H groups in total. The van der Waals surface area contributed by atoms with Crippen LogP contribution in [0.25, 0.3) is 79.2 Å². The molecule has 0 unspecified atom stereocenters. The molecule has 258 valence electrons. The van der Waals surface area contributed by atoms with Crippen LogP contribution >= 0.6 is 0 Å². The van der Waals surface area contributed by atoms with Crippen LogP contribution in [-0.4, -0.2) is 0 Å². The SMILES string of the molecule is C(=Cc1ccc2cc(-c3ccc4c(c3)C3(CCCCC3)c3cc(-c5ccc6cc(C=Cc7ccccc7)ccc6c5)ccc3-4)ccc2c1)c1ccccc1. The van der Waals surface area contributed by atoms with Crippen LogP contribution < -0.4 is 0 Å². The summed E-state index contributed by atoms with van der Waals surface area (Å²) in [5.41, 5.74) is 16.1. The number of fused-ring (bicyclic) bond motifs is 7. The van der Waals surface area contributed by atoms with Gasteiger partial charge in [0.2, 0.25) is 0 Å². The normalized spacial score (nSPS) is 14.7. The molecule has 2 aliphatic rings. The lowest BCUT2D eigenvalue weighted by atomic mass is 9.67. The van der Waals surface area contributed by atoms with Gasteiger partial charge in [0.15, 0.2) is 0 Å². The van der Waals surface area contributed by atoms with Gasteiger partial charge in [-0.05, 0) is 138 Å². The summed E-state index contributed by atoms with van der Waals surface area (Å²) >= 11 is 0. The highest BCUT2D eigenvalue weighted by Gasteiger charge is 2.44. The molecule has 2 aliphatic carbocycles. The highest BCUT2D eigenvalue weighted by molar-refractivity contribution is 5.93. The summed E-state index contributed by atoms with van der Waals surface area (Å²) < 4.78 is 0. The molecule has 1 saturated carbocycles. The van der Waals surface area contributed by atoms with E-state index >= 15 is 0 Å². The molecule has 8 aromatic rings. The fourth-order valence-corrected chi connectivity index (χ4v) is 9.16. The smallest absolute Gasteiger partial charge is 0.0215 e. The largest absolute Gasteiger partial charge is 0.0622 e. The Kier molecular flexibility index (Phi) is 8.18. The standard InChI is InChI=1S/C54H42/c1-4-10-38(11-5-1)14-16-40-18-20-44-34-46(24-22-42(44)32-40)48-26-28-50-51-29-27-49(37-53(51)54(52(50)36-48)30-8-3-9-31-54)47-25-23-43-33-41(19-21-45(43)35-47)17-15-39-12-6-2-7-13-39/h1-2,4-7,10-29,32-37H,3,8-9,30-31H2. The van der Waals surface area contributed by atoms with Gasteiger partial charge in [0.25, 0.3) is 0 Å². The molecule has 0 nitrogen and oxygen atoms in total. The molecule has 0 saturated heterocycles. The van der Waals surface area contributed by atoms with Crippen LogP contribution in [0, 0.1) is 0 Å². The minimum Gasteiger partial charge on any atom is -0.0622 e. The summed E-state index contributed by atoms with van der Waals surface area (Å²) in [4.78, 5) is 0. The summed E-state index contributed by atoms with van der Waals surface area (Å²) in [6.07, 6.45) is 15.1. The van der Waals surface area contributed by atoms with E-state index in [4.69, 9.17) is 0 Å². The first-order valence-electron chi connectivity index (χ1n) is 19.5. The van der Waals surface area contributed by atoms with E-state index in [9.17, 15) is 0 Å². The molecule has 0 bridgehead atoms. The highest BCUT2D eigenvalue weighted by atomic mass is 14.5. The van der Waals surface area contributed by atoms with Crippen LogP contribution in [-0.2, 0) is 5.41 Å². The van der Waals surface area contributed by atoms with Crippen LogP contribution in [0.5, 0.6) is 0 Å². The van der Waals surface area contributed by atoms with Crippen molar-refractivity contribution in [1.29, 1.82) is 0 Å². The first kappa shape index (κ1) is 32.4. The second-order valence-corrected chi connectivity index (χ2v) is 15.3. The Morgan fingerprint density at radius 1 is 0.315 bits per heavy atom. The molecule has 0 radical (unpaired) electrons. The molecule has 0 amide bonds. The lowest BCUT2D eigenvalue weighted by molar-refractivity contribution is 0.353. The average Bonchev–Trinajstić information content (AvgIpc) is 3.49. The minimum atomic E-state index is 0.0720. The van der Waals surface area contributed by atoms with Crippen LogP contribution in [0.2, 0.25) is 0 Å². The van der Waals surface area contributed by atoms with Gasteiger partial charge in [-0.3, -0.25) is 0 Å². The van der Waals surface area contributed by atoms with Gasteiger partial charge in [-0.15, -0.1) is 0 Å². The van der Waals surface area contributed by atoms with Gasteiger partial charge in [0, 0.05) is 5.41 Å². The van der Waals surface area contributed by atoms with Gasteiger partial charge in [-0.25, -0.2) is 0 Å². The topological polar surface area (TPSA) is 0 Å². The summed E-state index contributed by atoms with van der Waals surface area (Å²) in [5.74, 6) is 0. The Morgan fingerprint density at radius 2 is 0.704 bits per heavy atom. The third-order valence-electron chi connectivity index (χ3n) is 12.0. The average molecular weight is 691 g/mol. The number of benzene rings is 8. The van der Waals surface area contributed by atoms with Crippen molar-refractivity contribution in [1.82, 2.24) is 0 Å². The van der Waals surface area contributed by atoms with E-state index in [2.05, 4.69) is 194 Å². The third-order valence-corrected chi connectivity index (χ3v) is 12.0. The second kappa shape index (κ2) is 13.6. The van der Waals surface area contributed by atoms with E-state index in [1.165, 1.54) is 120 Å². The maximum absolute atomic E-state index is 2.54. The van der Waals surface area contributed by atoms with Crippen molar-refractivity contribution in [2.24, 2.45) is 0 Å². The first-order valence-corrected chi connectivity index (χ1v) is 19.5. The maximum Gasteiger partial charge on any atom is 0.0215 e. The molecule has 0 aliphatic heterocycles. The Morgan fingerprint density at radius 3 is 1.19 bits per heavy atom. The van der Waals surface area contributed by atoms with Crippen molar-refractivity contribution in [2.75, 3.05) is 0 Å². The monoisotopic (exact) mass is 690 g/mol. The number of hydrogen-bond donors (Lipinski definition) is 0.